The predicted octanol–water partition coefficient (Wildman–Crippen LogP) is 4.57. The number of methoxy groups -OCH3 is 1. The summed E-state index contributed by atoms with van der Waals surface area (Å²) < 4.78 is 7.06. The normalized spacial score (nSPS) is 21.0. The van der Waals surface area contributed by atoms with E-state index in [4.69, 9.17) is 17.0 Å². The van der Waals surface area contributed by atoms with Gasteiger partial charge in [-0.25, -0.2) is 4.79 Å². The van der Waals surface area contributed by atoms with Gasteiger partial charge in [0.2, 0.25) is 0 Å². The molecule has 1 aliphatic heterocycles. The minimum absolute atomic E-state index is 0.00252. The number of pyridine rings is 1. The first-order valence-electron chi connectivity index (χ1n) is 11.0. The zero-order valence-corrected chi connectivity index (χ0v) is 18.8. The molecule has 32 heavy (non-hydrogen) atoms. The second-order valence-electron chi connectivity index (χ2n) is 8.32. The number of carbonyl (C=O) groups is 1. The van der Waals surface area contributed by atoms with Crippen molar-refractivity contribution in [3.63, 3.8) is 0 Å². The first kappa shape index (κ1) is 20.7. The summed E-state index contributed by atoms with van der Waals surface area (Å²) in [6.45, 7) is 0. The molecular formula is C25H26N4O2S. The van der Waals surface area contributed by atoms with Gasteiger partial charge in [-0.1, -0.05) is 25.0 Å². The molecule has 1 saturated heterocycles. The van der Waals surface area contributed by atoms with Crippen molar-refractivity contribution in [1.82, 2.24) is 19.8 Å². The zero-order chi connectivity index (χ0) is 22.1. The van der Waals surface area contributed by atoms with Gasteiger partial charge >= 0.3 is 5.97 Å². The monoisotopic (exact) mass is 446 g/mol. The van der Waals surface area contributed by atoms with Crippen LogP contribution in [0.25, 0.3) is 5.69 Å². The molecule has 1 saturated carbocycles. The fourth-order valence-corrected chi connectivity index (χ4v) is 5.42. The number of benzene rings is 1. The molecule has 2 aromatic heterocycles. The fraction of sp³-hybridized carbons (Fsp3) is 0.320. The maximum Gasteiger partial charge on any atom is 0.337 e. The van der Waals surface area contributed by atoms with Crippen molar-refractivity contribution < 1.29 is 9.53 Å². The molecule has 0 amide bonds. The summed E-state index contributed by atoms with van der Waals surface area (Å²) in [6.07, 6.45) is 8.61. The highest BCUT2D eigenvalue weighted by Crippen LogP contribution is 2.43. The van der Waals surface area contributed by atoms with E-state index >= 15 is 0 Å². The van der Waals surface area contributed by atoms with E-state index in [1.54, 1.807) is 6.07 Å². The standard InChI is InChI=1S/C25H26N4O2S/c1-31-24(30)17-8-6-11-19(16-17)28-15-7-13-21(28)23-22(20-12-4-5-14-26-20)27-25(32)29(23)18-9-2-3-10-18/h4-8,11-16,18,22-23H,2-3,9-10H2,1H3,(H,27,32)/t22-,23+/m1/s1. The number of nitrogens with one attached hydrogen (secondary N) is 1. The van der Waals surface area contributed by atoms with Crippen LogP contribution >= 0.6 is 12.2 Å². The Morgan fingerprint density at radius 2 is 1.97 bits per heavy atom. The van der Waals surface area contributed by atoms with Crippen LogP contribution in [0.4, 0.5) is 0 Å². The van der Waals surface area contributed by atoms with Crippen molar-refractivity contribution in [2.45, 2.75) is 43.8 Å². The Morgan fingerprint density at radius 3 is 2.72 bits per heavy atom. The van der Waals surface area contributed by atoms with Crippen molar-refractivity contribution in [3.8, 4) is 5.69 Å². The first-order chi connectivity index (χ1) is 15.7. The van der Waals surface area contributed by atoms with Crippen molar-refractivity contribution in [2.75, 3.05) is 7.11 Å². The van der Waals surface area contributed by atoms with Gasteiger partial charge in [-0.05, 0) is 67.5 Å². The molecule has 0 spiro atoms. The van der Waals surface area contributed by atoms with Crippen LogP contribution in [0.2, 0.25) is 0 Å². The van der Waals surface area contributed by atoms with Crippen LogP contribution in [0, 0.1) is 0 Å². The van der Waals surface area contributed by atoms with E-state index < -0.39 is 0 Å². The minimum Gasteiger partial charge on any atom is -0.465 e. The van der Waals surface area contributed by atoms with E-state index in [1.165, 1.54) is 20.0 Å². The first-order valence-corrected chi connectivity index (χ1v) is 11.4. The molecule has 0 radical (unpaired) electrons. The largest absolute Gasteiger partial charge is 0.465 e. The third kappa shape index (κ3) is 3.66. The van der Waals surface area contributed by atoms with Crippen LogP contribution in [-0.4, -0.2) is 38.7 Å². The van der Waals surface area contributed by atoms with Gasteiger partial charge in [-0.3, -0.25) is 4.98 Å². The predicted molar refractivity (Wildman–Crippen MR) is 127 cm³/mol. The van der Waals surface area contributed by atoms with Crippen LogP contribution in [0.1, 0.15) is 59.5 Å². The van der Waals surface area contributed by atoms with Crippen molar-refractivity contribution in [3.05, 3.63) is 83.9 Å². The number of hydrogen-bond donors (Lipinski definition) is 1. The highest BCUT2D eigenvalue weighted by atomic mass is 32.1. The van der Waals surface area contributed by atoms with E-state index in [9.17, 15) is 4.79 Å². The lowest BCUT2D eigenvalue weighted by molar-refractivity contribution is 0.0600. The lowest BCUT2D eigenvalue weighted by atomic mass is 9.99. The number of aromatic nitrogens is 2. The highest BCUT2D eigenvalue weighted by Gasteiger charge is 2.44. The third-order valence-electron chi connectivity index (χ3n) is 6.48. The number of hydrogen-bond acceptors (Lipinski definition) is 4. The summed E-state index contributed by atoms with van der Waals surface area (Å²) in [6, 6.07) is 18.1. The molecular weight excluding hydrogens is 420 g/mol. The van der Waals surface area contributed by atoms with Gasteiger partial charge in [0.05, 0.1) is 30.5 Å². The number of ether oxygens (including phenoxy) is 1. The summed E-state index contributed by atoms with van der Waals surface area (Å²) in [7, 11) is 1.40. The molecule has 1 aliphatic carbocycles. The molecule has 2 fully saturated rings. The fourth-order valence-electron chi connectivity index (χ4n) is 5.03. The molecule has 1 aromatic carbocycles. The van der Waals surface area contributed by atoms with Crippen LogP contribution in [-0.2, 0) is 4.74 Å². The highest BCUT2D eigenvalue weighted by molar-refractivity contribution is 7.80. The van der Waals surface area contributed by atoms with Gasteiger partial charge in [0.1, 0.15) is 0 Å². The second kappa shape index (κ2) is 8.74. The maximum atomic E-state index is 12.1. The SMILES string of the molecule is COC(=O)c1cccc(-n2cccc2[C@H]2[C@@H](c3ccccn3)NC(=S)N2C2CCCC2)c1. The summed E-state index contributed by atoms with van der Waals surface area (Å²) in [5.41, 5.74) is 3.52. The Hall–Kier alpha value is -3.19. The van der Waals surface area contributed by atoms with E-state index in [-0.39, 0.29) is 18.1 Å². The Kier molecular flexibility index (Phi) is 5.66. The van der Waals surface area contributed by atoms with Crippen LogP contribution in [0.3, 0.4) is 0 Å². The molecule has 0 unspecified atom stereocenters. The summed E-state index contributed by atoms with van der Waals surface area (Å²) in [4.78, 5) is 19.1. The third-order valence-corrected chi connectivity index (χ3v) is 6.81. The molecule has 6 nitrogen and oxygen atoms in total. The molecule has 3 aromatic rings. The number of nitrogens with zero attached hydrogens (tertiary/aromatic N) is 3. The van der Waals surface area contributed by atoms with Gasteiger partial charge < -0.3 is 19.5 Å². The summed E-state index contributed by atoms with van der Waals surface area (Å²) >= 11 is 5.85. The molecule has 3 heterocycles. The van der Waals surface area contributed by atoms with E-state index in [0.29, 0.717) is 11.6 Å². The number of rotatable bonds is 5. The summed E-state index contributed by atoms with van der Waals surface area (Å²) in [5.74, 6) is -0.344. The molecule has 164 valence electrons. The minimum atomic E-state index is -0.344. The zero-order valence-electron chi connectivity index (χ0n) is 18.0. The van der Waals surface area contributed by atoms with Gasteiger partial charge in [0.25, 0.3) is 0 Å². The smallest absolute Gasteiger partial charge is 0.337 e. The molecule has 0 bridgehead atoms. The van der Waals surface area contributed by atoms with E-state index in [1.807, 2.05) is 48.8 Å². The van der Waals surface area contributed by atoms with Crippen molar-refractivity contribution in [2.24, 2.45) is 0 Å². The summed E-state index contributed by atoms with van der Waals surface area (Å²) in [5, 5.41) is 4.35. The average molecular weight is 447 g/mol. The average Bonchev–Trinajstić information content (AvgIpc) is 3.58. The Labute approximate surface area is 193 Å². The molecule has 2 atom stereocenters. The quantitative estimate of drug-likeness (QED) is 0.458. The van der Waals surface area contributed by atoms with Gasteiger partial charge in [-0.2, -0.15) is 0 Å². The Balaban J connectivity index is 1.60. The maximum absolute atomic E-state index is 12.1. The number of esters is 1. The molecule has 7 heteroatoms. The van der Waals surface area contributed by atoms with Crippen LogP contribution < -0.4 is 5.32 Å². The Morgan fingerprint density at radius 1 is 1.12 bits per heavy atom. The number of thiocarbonyl (C=S) groups is 1. The molecule has 2 aliphatic rings. The molecule has 1 N–H and O–H groups in total. The van der Waals surface area contributed by atoms with Crippen LogP contribution in [0.15, 0.2) is 67.0 Å². The van der Waals surface area contributed by atoms with Gasteiger partial charge in [0.15, 0.2) is 5.11 Å². The second-order valence-corrected chi connectivity index (χ2v) is 8.70. The van der Waals surface area contributed by atoms with Crippen LogP contribution in [0.5, 0.6) is 0 Å². The van der Waals surface area contributed by atoms with E-state index in [2.05, 4.69) is 31.9 Å². The lowest BCUT2D eigenvalue weighted by Gasteiger charge is -2.33. The molecule has 5 rings (SSSR count). The van der Waals surface area contributed by atoms with E-state index in [0.717, 1.165) is 35.0 Å². The van der Waals surface area contributed by atoms with Crippen molar-refractivity contribution in [1.29, 1.82) is 0 Å². The van der Waals surface area contributed by atoms with Crippen molar-refractivity contribution >= 4 is 23.3 Å². The Bertz CT molecular complexity index is 1120. The topological polar surface area (TPSA) is 59.4 Å². The van der Waals surface area contributed by atoms with Gasteiger partial charge in [0, 0.05) is 29.8 Å². The lowest BCUT2D eigenvalue weighted by Crippen LogP contribution is -2.38. The number of carbonyl (C=O) groups excluding carboxylic acids is 1. The van der Waals surface area contributed by atoms with Gasteiger partial charge in [-0.15, -0.1) is 0 Å².